The van der Waals surface area contributed by atoms with E-state index >= 15 is 0 Å². The number of aryl methyl sites for hydroxylation is 2. The van der Waals surface area contributed by atoms with E-state index in [-0.39, 0.29) is 0 Å². The summed E-state index contributed by atoms with van der Waals surface area (Å²) in [4.78, 5) is 0. The molecule has 140 valence electrons. The Bertz CT molecular complexity index is 965. The summed E-state index contributed by atoms with van der Waals surface area (Å²) in [6.07, 6.45) is 0.944. The first-order valence-electron chi connectivity index (χ1n) is 8.93. The third-order valence-corrected chi connectivity index (χ3v) is 5.12. The molecule has 0 unspecified atom stereocenters. The number of para-hydroxylation sites is 1. The Morgan fingerprint density at radius 3 is 2.41 bits per heavy atom. The van der Waals surface area contributed by atoms with Crippen LogP contribution >= 0.6 is 23.8 Å². The fourth-order valence-electron chi connectivity index (χ4n) is 3.04. The van der Waals surface area contributed by atoms with Crippen LogP contribution in [0.3, 0.4) is 0 Å². The number of thiocarbonyl (C=S) groups is 1. The molecule has 1 aromatic heterocycles. The van der Waals surface area contributed by atoms with Gasteiger partial charge in [-0.05, 0) is 55.7 Å². The van der Waals surface area contributed by atoms with Crippen LogP contribution in [0.5, 0.6) is 0 Å². The summed E-state index contributed by atoms with van der Waals surface area (Å²) in [5.41, 5.74) is 6.12. The van der Waals surface area contributed by atoms with Crippen molar-refractivity contribution in [2.45, 2.75) is 33.7 Å². The normalized spacial score (nSPS) is 10.7. The van der Waals surface area contributed by atoms with Crippen molar-refractivity contribution in [2.75, 3.05) is 10.6 Å². The van der Waals surface area contributed by atoms with Crippen LogP contribution in [0.25, 0.3) is 0 Å². The number of aromatic nitrogens is 2. The minimum Gasteiger partial charge on any atom is -0.332 e. The van der Waals surface area contributed by atoms with E-state index in [0.717, 1.165) is 39.8 Å². The second kappa shape index (κ2) is 8.55. The lowest BCUT2D eigenvalue weighted by Crippen LogP contribution is -2.20. The van der Waals surface area contributed by atoms with Crippen molar-refractivity contribution < 1.29 is 0 Å². The van der Waals surface area contributed by atoms with Crippen LogP contribution in [0, 0.1) is 13.8 Å². The van der Waals surface area contributed by atoms with Crippen LogP contribution in [-0.4, -0.2) is 14.9 Å². The van der Waals surface area contributed by atoms with Crippen LogP contribution in [0.4, 0.5) is 11.4 Å². The molecule has 0 bridgehead atoms. The van der Waals surface area contributed by atoms with Gasteiger partial charge in [0.05, 0.1) is 23.6 Å². The third kappa shape index (κ3) is 4.49. The van der Waals surface area contributed by atoms with Gasteiger partial charge in [0.15, 0.2) is 5.11 Å². The summed E-state index contributed by atoms with van der Waals surface area (Å²) < 4.78 is 1.95. The predicted molar refractivity (Wildman–Crippen MR) is 118 cm³/mol. The maximum Gasteiger partial charge on any atom is 0.175 e. The van der Waals surface area contributed by atoms with E-state index in [1.54, 1.807) is 0 Å². The van der Waals surface area contributed by atoms with E-state index < -0.39 is 0 Å². The topological polar surface area (TPSA) is 41.9 Å². The fourth-order valence-corrected chi connectivity index (χ4v) is 3.44. The van der Waals surface area contributed by atoms with Gasteiger partial charge in [-0.25, -0.2) is 0 Å². The lowest BCUT2D eigenvalue weighted by molar-refractivity contribution is 0.659. The molecule has 0 aliphatic heterocycles. The summed E-state index contributed by atoms with van der Waals surface area (Å²) in [7, 11) is 0. The molecule has 0 fully saturated rings. The number of nitrogens with zero attached hydrogens (tertiary/aromatic N) is 2. The average molecular weight is 399 g/mol. The number of benzene rings is 2. The zero-order chi connectivity index (χ0) is 19.4. The molecule has 3 rings (SSSR count). The van der Waals surface area contributed by atoms with Gasteiger partial charge in [0.25, 0.3) is 0 Å². The van der Waals surface area contributed by atoms with Crippen LogP contribution in [0.2, 0.25) is 5.02 Å². The summed E-state index contributed by atoms with van der Waals surface area (Å²) in [6, 6.07) is 16.0. The van der Waals surface area contributed by atoms with Gasteiger partial charge in [-0.15, -0.1) is 0 Å². The Morgan fingerprint density at radius 2 is 1.70 bits per heavy atom. The molecule has 6 heteroatoms. The van der Waals surface area contributed by atoms with Crippen molar-refractivity contribution in [3.8, 4) is 0 Å². The maximum absolute atomic E-state index is 6.29. The van der Waals surface area contributed by atoms with Gasteiger partial charge in [0.2, 0.25) is 0 Å². The summed E-state index contributed by atoms with van der Waals surface area (Å²) in [5, 5.41) is 12.5. The molecule has 27 heavy (non-hydrogen) atoms. The fraction of sp³-hybridized carbons (Fsp3) is 0.238. The molecule has 0 amide bonds. The van der Waals surface area contributed by atoms with E-state index in [2.05, 4.69) is 28.7 Å². The molecular formula is C21H23ClN4S. The van der Waals surface area contributed by atoms with Gasteiger partial charge < -0.3 is 10.6 Å². The Labute approximate surface area is 170 Å². The van der Waals surface area contributed by atoms with Crippen molar-refractivity contribution >= 4 is 40.3 Å². The summed E-state index contributed by atoms with van der Waals surface area (Å²) in [6.45, 7) is 6.75. The third-order valence-electron chi connectivity index (χ3n) is 4.54. The Balaban J connectivity index is 1.76. The average Bonchev–Trinajstić information content (AvgIpc) is 2.91. The molecule has 0 saturated carbocycles. The highest BCUT2D eigenvalue weighted by Gasteiger charge is 2.14. The second-order valence-corrected chi connectivity index (χ2v) is 7.20. The SMILES string of the molecule is CCc1ccccc1NC(=S)Nc1c(C)nn(Cc2ccccc2Cl)c1C. The number of anilines is 2. The Kier molecular flexibility index (Phi) is 6.14. The van der Waals surface area contributed by atoms with Crippen molar-refractivity contribution in [1.29, 1.82) is 0 Å². The molecule has 1 heterocycles. The molecule has 0 aliphatic carbocycles. The van der Waals surface area contributed by atoms with Gasteiger partial charge in [-0.1, -0.05) is 54.9 Å². The van der Waals surface area contributed by atoms with Crippen LogP contribution in [0.1, 0.15) is 29.4 Å². The standard InChI is InChI=1S/C21H23ClN4S/c1-4-16-9-6-8-12-19(16)23-21(27)24-20-14(2)25-26(15(20)3)13-17-10-5-7-11-18(17)22/h5-12H,4,13H2,1-3H3,(H2,23,24,27). The van der Waals surface area contributed by atoms with E-state index in [0.29, 0.717) is 11.7 Å². The highest BCUT2D eigenvalue weighted by Crippen LogP contribution is 2.23. The van der Waals surface area contributed by atoms with E-state index in [4.69, 9.17) is 23.8 Å². The van der Waals surface area contributed by atoms with Gasteiger partial charge in [-0.2, -0.15) is 5.10 Å². The zero-order valence-corrected chi connectivity index (χ0v) is 17.3. The van der Waals surface area contributed by atoms with E-state index in [1.165, 1.54) is 5.56 Å². The van der Waals surface area contributed by atoms with Crippen molar-refractivity contribution in [2.24, 2.45) is 0 Å². The monoisotopic (exact) mass is 398 g/mol. The summed E-state index contributed by atoms with van der Waals surface area (Å²) in [5.74, 6) is 0. The first-order chi connectivity index (χ1) is 13.0. The molecule has 0 aliphatic rings. The maximum atomic E-state index is 6.29. The second-order valence-electron chi connectivity index (χ2n) is 6.38. The van der Waals surface area contributed by atoms with Gasteiger partial charge in [-0.3, -0.25) is 4.68 Å². The first kappa shape index (κ1) is 19.4. The molecule has 0 atom stereocenters. The lowest BCUT2D eigenvalue weighted by atomic mass is 10.1. The molecule has 2 aromatic carbocycles. The zero-order valence-electron chi connectivity index (χ0n) is 15.7. The molecule has 2 N–H and O–H groups in total. The van der Waals surface area contributed by atoms with Crippen LogP contribution < -0.4 is 10.6 Å². The molecular weight excluding hydrogens is 376 g/mol. The Hall–Kier alpha value is -2.37. The largest absolute Gasteiger partial charge is 0.332 e. The number of hydrogen-bond acceptors (Lipinski definition) is 2. The quantitative estimate of drug-likeness (QED) is 0.551. The van der Waals surface area contributed by atoms with Gasteiger partial charge >= 0.3 is 0 Å². The number of halogens is 1. The molecule has 0 spiro atoms. The smallest absolute Gasteiger partial charge is 0.175 e. The minimum atomic E-state index is 0.555. The van der Waals surface area contributed by atoms with Crippen molar-refractivity contribution in [1.82, 2.24) is 9.78 Å². The van der Waals surface area contributed by atoms with E-state index in [9.17, 15) is 0 Å². The minimum absolute atomic E-state index is 0.555. The highest BCUT2D eigenvalue weighted by molar-refractivity contribution is 7.80. The number of rotatable bonds is 5. The number of hydrogen-bond donors (Lipinski definition) is 2. The van der Waals surface area contributed by atoms with Crippen LogP contribution in [-0.2, 0) is 13.0 Å². The predicted octanol–water partition coefficient (Wildman–Crippen LogP) is 5.57. The lowest BCUT2D eigenvalue weighted by Gasteiger charge is -2.14. The summed E-state index contributed by atoms with van der Waals surface area (Å²) >= 11 is 11.8. The molecule has 0 radical (unpaired) electrons. The first-order valence-corrected chi connectivity index (χ1v) is 9.71. The van der Waals surface area contributed by atoms with Crippen molar-refractivity contribution in [3.05, 3.63) is 76.1 Å². The molecule has 0 saturated heterocycles. The van der Waals surface area contributed by atoms with Gasteiger partial charge in [0, 0.05) is 10.7 Å². The van der Waals surface area contributed by atoms with E-state index in [1.807, 2.05) is 61.0 Å². The van der Waals surface area contributed by atoms with Crippen LogP contribution in [0.15, 0.2) is 48.5 Å². The Morgan fingerprint density at radius 1 is 1.04 bits per heavy atom. The number of nitrogens with one attached hydrogen (secondary N) is 2. The van der Waals surface area contributed by atoms with Gasteiger partial charge in [0.1, 0.15) is 0 Å². The molecule has 4 nitrogen and oxygen atoms in total. The van der Waals surface area contributed by atoms with Crippen molar-refractivity contribution in [3.63, 3.8) is 0 Å². The molecule has 3 aromatic rings. The highest BCUT2D eigenvalue weighted by atomic mass is 35.5.